The minimum Gasteiger partial charge on any atom is -0.305 e. The van der Waals surface area contributed by atoms with Crippen LogP contribution in [0.1, 0.15) is 36.7 Å². The van der Waals surface area contributed by atoms with Gasteiger partial charge in [0.15, 0.2) is 0 Å². The number of hydrogen-bond acceptors (Lipinski definition) is 3. The Labute approximate surface area is 121 Å². The average molecular weight is 298 g/mol. The highest BCUT2D eigenvalue weighted by Gasteiger charge is 2.31. The van der Waals surface area contributed by atoms with Crippen molar-refractivity contribution in [1.29, 1.82) is 0 Å². The van der Waals surface area contributed by atoms with Gasteiger partial charge in [-0.25, -0.2) is 0 Å². The van der Waals surface area contributed by atoms with Crippen molar-refractivity contribution in [2.24, 2.45) is 0 Å². The molecular weight excluding hydrogens is 281 g/mol. The second-order valence-corrected chi connectivity index (χ2v) is 4.59. The lowest BCUT2D eigenvalue weighted by Gasteiger charge is -2.16. The molecule has 2 heterocycles. The second-order valence-electron chi connectivity index (χ2n) is 4.59. The van der Waals surface area contributed by atoms with Gasteiger partial charge in [0.2, 0.25) is 0 Å². The van der Waals surface area contributed by atoms with Gasteiger partial charge in [0.1, 0.15) is 0 Å². The van der Waals surface area contributed by atoms with Crippen molar-refractivity contribution in [1.82, 2.24) is 20.1 Å². The third kappa shape index (κ3) is 3.60. The Morgan fingerprint density at radius 1 is 1.24 bits per heavy atom. The molecule has 1 unspecified atom stereocenters. The van der Waals surface area contributed by atoms with Crippen molar-refractivity contribution in [2.75, 3.05) is 6.54 Å². The van der Waals surface area contributed by atoms with E-state index in [2.05, 4.69) is 15.4 Å². The number of pyridine rings is 1. The Bertz CT molecular complexity index is 575. The molecule has 0 aliphatic heterocycles. The first kappa shape index (κ1) is 15.5. The number of nitrogens with one attached hydrogen (secondary N) is 1. The minimum absolute atomic E-state index is 0.266. The molecule has 4 nitrogen and oxygen atoms in total. The highest BCUT2D eigenvalue weighted by Crippen LogP contribution is 2.29. The largest absolute Gasteiger partial charge is 0.417 e. The van der Waals surface area contributed by atoms with E-state index in [9.17, 15) is 13.2 Å². The molecule has 0 bridgehead atoms. The fourth-order valence-electron chi connectivity index (χ4n) is 2.04. The molecule has 1 N–H and O–H groups in total. The van der Waals surface area contributed by atoms with Gasteiger partial charge < -0.3 is 5.32 Å². The molecule has 2 aromatic heterocycles. The Kier molecular flexibility index (Phi) is 4.62. The lowest BCUT2D eigenvalue weighted by molar-refractivity contribution is -0.137. The van der Waals surface area contributed by atoms with E-state index in [1.165, 1.54) is 6.07 Å². The molecule has 114 valence electrons. The maximum atomic E-state index is 12.6. The van der Waals surface area contributed by atoms with Crippen LogP contribution in [0.15, 0.2) is 30.7 Å². The molecule has 0 spiro atoms. The van der Waals surface area contributed by atoms with Crippen molar-refractivity contribution >= 4 is 0 Å². The first-order valence-electron chi connectivity index (χ1n) is 6.74. The normalized spacial score (nSPS) is 13.4. The highest BCUT2D eigenvalue weighted by atomic mass is 19.4. The summed E-state index contributed by atoms with van der Waals surface area (Å²) in [5.74, 6) is 0. The second kappa shape index (κ2) is 6.26. The summed E-state index contributed by atoms with van der Waals surface area (Å²) in [6.07, 6.45) is 0.0685. The highest BCUT2D eigenvalue weighted by molar-refractivity contribution is 5.26. The summed E-state index contributed by atoms with van der Waals surface area (Å²) < 4.78 is 39.5. The molecule has 0 amide bonds. The van der Waals surface area contributed by atoms with Crippen LogP contribution in [0.2, 0.25) is 0 Å². The van der Waals surface area contributed by atoms with Crippen molar-refractivity contribution in [3.63, 3.8) is 0 Å². The van der Waals surface area contributed by atoms with E-state index in [1.54, 1.807) is 10.9 Å². The smallest absolute Gasteiger partial charge is 0.305 e. The molecule has 2 rings (SSSR count). The first-order valence-corrected chi connectivity index (χ1v) is 6.74. The number of aryl methyl sites for hydroxylation is 1. The quantitative estimate of drug-likeness (QED) is 0.922. The fourth-order valence-corrected chi connectivity index (χ4v) is 2.04. The Hall–Kier alpha value is -1.89. The molecular formula is C14H17F3N4. The van der Waals surface area contributed by atoms with Crippen molar-refractivity contribution < 1.29 is 13.2 Å². The predicted octanol–water partition coefficient (Wildman–Crippen LogP) is 3.02. The maximum Gasteiger partial charge on any atom is 0.417 e. The zero-order valence-corrected chi connectivity index (χ0v) is 11.9. The number of halogens is 3. The molecule has 0 aliphatic rings. The van der Waals surface area contributed by atoms with Gasteiger partial charge >= 0.3 is 6.18 Å². The SMILES string of the molecule is CCNC(c1cnn(CC)c1)c1ccc(C(F)(F)F)cn1. The van der Waals surface area contributed by atoms with Crippen LogP contribution < -0.4 is 5.32 Å². The van der Waals surface area contributed by atoms with E-state index in [0.717, 1.165) is 24.4 Å². The fraction of sp³-hybridized carbons (Fsp3) is 0.429. The van der Waals surface area contributed by atoms with Crippen molar-refractivity contribution in [3.8, 4) is 0 Å². The van der Waals surface area contributed by atoms with E-state index in [0.29, 0.717) is 12.2 Å². The van der Waals surface area contributed by atoms with E-state index < -0.39 is 11.7 Å². The first-order chi connectivity index (χ1) is 9.95. The van der Waals surface area contributed by atoms with Gasteiger partial charge in [0, 0.05) is 24.5 Å². The van der Waals surface area contributed by atoms with Gasteiger partial charge in [-0.3, -0.25) is 9.67 Å². The number of hydrogen-bond donors (Lipinski definition) is 1. The molecule has 0 aromatic carbocycles. The Morgan fingerprint density at radius 2 is 2.00 bits per heavy atom. The average Bonchev–Trinajstić information content (AvgIpc) is 2.92. The number of rotatable bonds is 5. The van der Waals surface area contributed by atoms with Gasteiger partial charge in [0.25, 0.3) is 0 Å². The van der Waals surface area contributed by atoms with Gasteiger partial charge in [-0.1, -0.05) is 6.92 Å². The van der Waals surface area contributed by atoms with Crippen LogP contribution in [0, 0.1) is 0 Å². The molecule has 7 heteroatoms. The van der Waals surface area contributed by atoms with Crippen LogP contribution in [-0.2, 0) is 12.7 Å². The van der Waals surface area contributed by atoms with Gasteiger partial charge in [-0.15, -0.1) is 0 Å². The molecule has 21 heavy (non-hydrogen) atoms. The molecule has 0 aliphatic carbocycles. The van der Waals surface area contributed by atoms with Gasteiger partial charge in [0.05, 0.1) is 23.5 Å². The Balaban J connectivity index is 2.29. The molecule has 2 aromatic rings. The van der Waals surface area contributed by atoms with E-state index in [4.69, 9.17) is 0 Å². The van der Waals surface area contributed by atoms with E-state index >= 15 is 0 Å². The van der Waals surface area contributed by atoms with Gasteiger partial charge in [-0.2, -0.15) is 18.3 Å². The molecule has 0 saturated carbocycles. The van der Waals surface area contributed by atoms with Crippen LogP contribution in [0.4, 0.5) is 13.2 Å². The minimum atomic E-state index is -4.37. The molecule has 0 saturated heterocycles. The summed E-state index contributed by atoms with van der Waals surface area (Å²) >= 11 is 0. The molecule has 0 fully saturated rings. The number of alkyl halides is 3. The number of aromatic nitrogens is 3. The monoisotopic (exact) mass is 298 g/mol. The lowest BCUT2D eigenvalue weighted by Crippen LogP contribution is -2.23. The third-order valence-electron chi connectivity index (χ3n) is 3.13. The lowest BCUT2D eigenvalue weighted by atomic mass is 10.1. The standard InChI is InChI=1S/C14H17F3N4/c1-3-18-13(10-7-20-21(4-2)9-10)12-6-5-11(8-19-12)14(15,16)17/h5-9,13,18H,3-4H2,1-2H3. The summed E-state index contributed by atoms with van der Waals surface area (Å²) in [6.45, 7) is 5.31. The van der Waals surface area contributed by atoms with Gasteiger partial charge in [-0.05, 0) is 25.6 Å². The van der Waals surface area contributed by atoms with Crippen LogP contribution in [0.5, 0.6) is 0 Å². The predicted molar refractivity (Wildman–Crippen MR) is 72.7 cm³/mol. The van der Waals surface area contributed by atoms with Crippen LogP contribution in [0.25, 0.3) is 0 Å². The van der Waals surface area contributed by atoms with Crippen LogP contribution in [0.3, 0.4) is 0 Å². The zero-order chi connectivity index (χ0) is 15.5. The molecule has 1 atom stereocenters. The summed E-state index contributed by atoms with van der Waals surface area (Å²) in [5.41, 5.74) is 0.678. The third-order valence-corrected chi connectivity index (χ3v) is 3.13. The van der Waals surface area contributed by atoms with E-state index in [1.807, 2.05) is 20.0 Å². The maximum absolute atomic E-state index is 12.6. The van der Waals surface area contributed by atoms with Crippen LogP contribution >= 0.6 is 0 Å². The summed E-state index contributed by atoms with van der Waals surface area (Å²) in [5, 5.41) is 7.40. The number of nitrogens with zero attached hydrogens (tertiary/aromatic N) is 3. The zero-order valence-electron chi connectivity index (χ0n) is 11.9. The van der Waals surface area contributed by atoms with E-state index in [-0.39, 0.29) is 6.04 Å². The van der Waals surface area contributed by atoms with Crippen molar-refractivity contribution in [2.45, 2.75) is 32.6 Å². The summed E-state index contributed by atoms with van der Waals surface area (Å²) in [7, 11) is 0. The Morgan fingerprint density at radius 3 is 2.48 bits per heavy atom. The van der Waals surface area contributed by atoms with Crippen LogP contribution in [-0.4, -0.2) is 21.3 Å². The summed E-state index contributed by atoms with van der Waals surface area (Å²) in [4.78, 5) is 3.96. The molecule has 0 radical (unpaired) electrons. The van der Waals surface area contributed by atoms with Crippen molar-refractivity contribution in [3.05, 3.63) is 47.5 Å². The summed E-state index contributed by atoms with van der Waals surface area (Å²) in [6, 6.07) is 2.19. The topological polar surface area (TPSA) is 42.7 Å².